The van der Waals surface area contributed by atoms with Gasteiger partial charge in [-0.15, -0.1) is 0 Å². The van der Waals surface area contributed by atoms with E-state index in [-0.39, 0.29) is 12.4 Å². The van der Waals surface area contributed by atoms with Gasteiger partial charge in [-0.25, -0.2) is 4.98 Å². The van der Waals surface area contributed by atoms with Crippen LogP contribution in [0.1, 0.15) is 13.3 Å². The average molecular weight is 269 g/mol. The molecule has 0 bridgehead atoms. The highest BCUT2D eigenvalue weighted by Crippen LogP contribution is 2.19. The summed E-state index contributed by atoms with van der Waals surface area (Å²) in [5.41, 5.74) is 5.61. The third kappa shape index (κ3) is 2.64. The molecule has 1 atom stereocenters. The van der Waals surface area contributed by atoms with Crippen molar-refractivity contribution in [3.05, 3.63) is 12.4 Å². The first-order valence-electron chi connectivity index (χ1n) is 5.79. The van der Waals surface area contributed by atoms with Crippen LogP contribution in [0.3, 0.4) is 0 Å². The molecule has 0 amide bonds. The second-order valence-corrected chi connectivity index (χ2v) is 4.55. The molecule has 0 spiro atoms. The fraction of sp³-hybridized carbons (Fsp3) is 0.545. The molecule has 0 aliphatic carbocycles. The molecular formula is C11H16FN5O2. The minimum absolute atomic E-state index is 0.0120. The highest BCUT2D eigenvalue weighted by Gasteiger charge is 2.23. The summed E-state index contributed by atoms with van der Waals surface area (Å²) in [4.78, 5) is 11.2. The molecule has 2 heterocycles. The lowest BCUT2D eigenvalue weighted by atomic mass is 10.0. The van der Waals surface area contributed by atoms with E-state index in [4.69, 9.17) is 10.5 Å². The molecule has 7 nitrogen and oxygen atoms in total. The van der Waals surface area contributed by atoms with Crippen LogP contribution in [0.15, 0.2) is 6.33 Å². The number of aliphatic hydroxyl groups excluding tert-OH is 1. The lowest BCUT2D eigenvalue weighted by molar-refractivity contribution is -0.0456. The first-order valence-corrected chi connectivity index (χ1v) is 5.79. The predicted octanol–water partition coefficient (Wildman–Crippen LogP) is 0.335. The molecule has 0 saturated heterocycles. The van der Waals surface area contributed by atoms with Crippen LogP contribution in [0.5, 0.6) is 0 Å². The van der Waals surface area contributed by atoms with Crippen molar-refractivity contribution in [1.82, 2.24) is 19.5 Å². The zero-order valence-corrected chi connectivity index (χ0v) is 10.8. The van der Waals surface area contributed by atoms with Crippen LogP contribution in [-0.4, -0.2) is 43.9 Å². The Bertz CT molecular complexity index is 582. The van der Waals surface area contributed by atoms with Crippen molar-refractivity contribution in [3.8, 4) is 0 Å². The lowest BCUT2D eigenvalue weighted by Crippen LogP contribution is -2.33. The summed E-state index contributed by atoms with van der Waals surface area (Å²) in [5, 5.41) is 9.26. The fourth-order valence-electron chi connectivity index (χ4n) is 1.70. The van der Waals surface area contributed by atoms with Crippen LogP contribution >= 0.6 is 0 Å². The van der Waals surface area contributed by atoms with Gasteiger partial charge in [0.15, 0.2) is 11.5 Å². The summed E-state index contributed by atoms with van der Waals surface area (Å²) in [6, 6.07) is 0. The smallest absolute Gasteiger partial charge is 0.312 e. The standard InChI is InChI=1S/C11H16FN5O2/c1-11(5-18,19-2)3-4-17-6-14-7-8(13)15-10(12)16-9(7)17/h6,18H,3-5H2,1-2H3,(H2,13,15,16)/t11-/m0/s1. The van der Waals surface area contributed by atoms with Crippen molar-refractivity contribution in [2.24, 2.45) is 0 Å². The third-order valence-corrected chi connectivity index (χ3v) is 3.17. The van der Waals surface area contributed by atoms with Gasteiger partial charge in [-0.3, -0.25) is 0 Å². The Labute approximate surface area is 109 Å². The number of methoxy groups -OCH3 is 1. The average Bonchev–Trinajstić information content (AvgIpc) is 2.79. The molecule has 3 N–H and O–H groups in total. The number of aryl methyl sites for hydroxylation is 1. The van der Waals surface area contributed by atoms with Crippen molar-refractivity contribution in [3.63, 3.8) is 0 Å². The normalized spacial score (nSPS) is 14.7. The van der Waals surface area contributed by atoms with E-state index in [1.165, 1.54) is 13.4 Å². The molecule has 0 aliphatic heterocycles. The Kier molecular flexibility index (Phi) is 3.63. The predicted molar refractivity (Wildman–Crippen MR) is 66.8 cm³/mol. The maximum atomic E-state index is 13.2. The van der Waals surface area contributed by atoms with Crippen molar-refractivity contribution in [1.29, 1.82) is 0 Å². The lowest BCUT2D eigenvalue weighted by Gasteiger charge is -2.25. The maximum absolute atomic E-state index is 13.2. The highest BCUT2D eigenvalue weighted by molar-refractivity contribution is 5.81. The number of nitrogens with zero attached hydrogens (tertiary/aromatic N) is 4. The van der Waals surface area contributed by atoms with Gasteiger partial charge in [-0.05, 0) is 13.3 Å². The number of nitrogens with two attached hydrogens (primary N) is 1. The van der Waals surface area contributed by atoms with Gasteiger partial charge in [0.1, 0.15) is 5.52 Å². The van der Waals surface area contributed by atoms with Crippen LogP contribution in [0.4, 0.5) is 10.2 Å². The van der Waals surface area contributed by atoms with Gasteiger partial charge in [0, 0.05) is 13.7 Å². The topological polar surface area (TPSA) is 99.1 Å². The Morgan fingerprint density at radius 3 is 2.89 bits per heavy atom. The second kappa shape index (κ2) is 5.06. The molecule has 2 rings (SSSR count). The van der Waals surface area contributed by atoms with E-state index in [0.29, 0.717) is 24.1 Å². The molecule has 19 heavy (non-hydrogen) atoms. The van der Waals surface area contributed by atoms with Gasteiger partial charge >= 0.3 is 6.08 Å². The van der Waals surface area contributed by atoms with Crippen LogP contribution < -0.4 is 5.73 Å². The summed E-state index contributed by atoms with van der Waals surface area (Å²) in [5.74, 6) is 0.0120. The number of anilines is 1. The van der Waals surface area contributed by atoms with E-state index in [9.17, 15) is 9.50 Å². The van der Waals surface area contributed by atoms with E-state index in [1.54, 1.807) is 11.5 Å². The number of rotatable bonds is 5. The van der Waals surface area contributed by atoms with Crippen LogP contribution in [0, 0.1) is 6.08 Å². The molecule has 0 saturated carbocycles. The molecule has 0 aromatic carbocycles. The number of aliphatic hydroxyl groups is 1. The third-order valence-electron chi connectivity index (χ3n) is 3.17. The molecule has 104 valence electrons. The Morgan fingerprint density at radius 2 is 2.26 bits per heavy atom. The molecule has 0 unspecified atom stereocenters. The van der Waals surface area contributed by atoms with Crippen molar-refractivity contribution < 1.29 is 14.2 Å². The largest absolute Gasteiger partial charge is 0.393 e. The molecule has 0 fully saturated rings. The molecule has 2 aromatic rings. The minimum atomic E-state index is -0.886. The monoisotopic (exact) mass is 269 g/mol. The Morgan fingerprint density at radius 1 is 1.53 bits per heavy atom. The zero-order chi connectivity index (χ0) is 14.0. The zero-order valence-electron chi connectivity index (χ0n) is 10.8. The quantitative estimate of drug-likeness (QED) is 0.759. The minimum Gasteiger partial charge on any atom is -0.393 e. The summed E-state index contributed by atoms with van der Waals surface area (Å²) >= 11 is 0. The maximum Gasteiger partial charge on any atom is 0.312 e. The SMILES string of the molecule is CO[C@](C)(CO)CCn1cnc2c(N)nc(F)nc21. The molecule has 8 heteroatoms. The summed E-state index contributed by atoms with van der Waals surface area (Å²) in [6.45, 7) is 2.15. The number of hydrogen-bond acceptors (Lipinski definition) is 6. The molecule has 2 aromatic heterocycles. The first-order chi connectivity index (χ1) is 8.99. The highest BCUT2D eigenvalue weighted by atomic mass is 19.1. The van der Waals surface area contributed by atoms with Crippen molar-refractivity contribution >= 4 is 17.0 Å². The Balaban J connectivity index is 2.27. The van der Waals surface area contributed by atoms with Crippen LogP contribution in [-0.2, 0) is 11.3 Å². The van der Waals surface area contributed by atoms with Crippen LogP contribution in [0.25, 0.3) is 11.2 Å². The van der Waals surface area contributed by atoms with Crippen LogP contribution in [0.2, 0.25) is 0 Å². The second-order valence-electron chi connectivity index (χ2n) is 4.55. The van der Waals surface area contributed by atoms with Gasteiger partial charge in [0.2, 0.25) is 0 Å². The number of aromatic nitrogens is 4. The van der Waals surface area contributed by atoms with Gasteiger partial charge < -0.3 is 20.1 Å². The summed E-state index contributed by atoms with van der Waals surface area (Å²) in [6.07, 6.45) is 1.16. The van der Waals surface area contributed by atoms with Gasteiger partial charge in [0.25, 0.3) is 0 Å². The molecular weight excluding hydrogens is 253 g/mol. The number of hydrogen-bond donors (Lipinski definition) is 2. The molecule has 0 radical (unpaired) electrons. The van der Waals surface area contributed by atoms with Gasteiger partial charge in [-0.2, -0.15) is 14.4 Å². The molecule has 0 aliphatic rings. The Hall–Kier alpha value is -1.80. The van der Waals surface area contributed by atoms with Gasteiger partial charge in [0.05, 0.1) is 18.5 Å². The summed E-state index contributed by atoms with van der Waals surface area (Å²) < 4.78 is 20.0. The van der Waals surface area contributed by atoms with E-state index in [0.717, 1.165) is 0 Å². The number of ether oxygens (including phenoxy) is 1. The number of halogens is 1. The van der Waals surface area contributed by atoms with E-state index in [1.807, 2.05) is 0 Å². The number of fused-ring (bicyclic) bond motifs is 1. The van der Waals surface area contributed by atoms with E-state index < -0.39 is 11.7 Å². The van der Waals surface area contributed by atoms with Crippen molar-refractivity contribution in [2.45, 2.75) is 25.5 Å². The van der Waals surface area contributed by atoms with Crippen molar-refractivity contribution in [2.75, 3.05) is 19.5 Å². The van der Waals surface area contributed by atoms with Gasteiger partial charge in [-0.1, -0.05) is 0 Å². The number of imidazole rings is 1. The van der Waals surface area contributed by atoms with E-state index in [2.05, 4.69) is 15.0 Å². The fourth-order valence-corrected chi connectivity index (χ4v) is 1.70. The first kappa shape index (κ1) is 13.6. The van der Waals surface area contributed by atoms with E-state index >= 15 is 0 Å². The number of nitrogen functional groups attached to an aromatic ring is 1. The summed E-state index contributed by atoms with van der Waals surface area (Å²) in [7, 11) is 1.53.